The Kier molecular flexibility index (Phi) is 5.15. The number of phenolic OH excluding ortho intramolecular Hbond substituents is 1. The Morgan fingerprint density at radius 2 is 1.92 bits per heavy atom. The van der Waals surface area contributed by atoms with E-state index in [1.165, 1.54) is 11.3 Å². The highest BCUT2D eigenvalue weighted by molar-refractivity contribution is 7.14. The summed E-state index contributed by atoms with van der Waals surface area (Å²) in [4.78, 5) is 4.52. The van der Waals surface area contributed by atoms with Gasteiger partial charge in [-0.1, -0.05) is 0 Å². The van der Waals surface area contributed by atoms with Crippen molar-refractivity contribution in [1.29, 1.82) is 0 Å². The van der Waals surface area contributed by atoms with Crippen LogP contribution in [0.1, 0.15) is 5.56 Å². The predicted octanol–water partition coefficient (Wildman–Crippen LogP) is 3.98. The first-order valence-electron chi connectivity index (χ1n) is 7.45. The maximum Gasteiger partial charge on any atom is 0.203 e. The molecule has 7 heteroatoms. The Bertz CT molecular complexity index is 876. The minimum atomic E-state index is 0.225. The summed E-state index contributed by atoms with van der Waals surface area (Å²) < 4.78 is 10.6. The molecule has 0 aliphatic heterocycles. The van der Waals surface area contributed by atoms with Gasteiger partial charge in [0.2, 0.25) is 5.13 Å². The molecule has 6 nitrogen and oxygen atoms in total. The van der Waals surface area contributed by atoms with Gasteiger partial charge in [-0.3, -0.25) is 5.43 Å². The van der Waals surface area contributed by atoms with E-state index in [2.05, 4.69) is 15.5 Å². The van der Waals surface area contributed by atoms with Gasteiger partial charge in [-0.2, -0.15) is 5.10 Å². The molecule has 0 fully saturated rings. The lowest BCUT2D eigenvalue weighted by atomic mass is 10.1. The Balaban J connectivity index is 1.73. The zero-order chi connectivity index (χ0) is 17.6. The average Bonchev–Trinajstić information content (AvgIpc) is 3.11. The van der Waals surface area contributed by atoms with E-state index in [1.54, 1.807) is 44.7 Å². The monoisotopic (exact) mass is 355 g/mol. The Labute approximate surface area is 149 Å². The van der Waals surface area contributed by atoms with Crippen molar-refractivity contribution in [2.75, 3.05) is 19.6 Å². The Morgan fingerprint density at radius 1 is 1.12 bits per heavy atom. The molecule has 0 radical (unpaired) electrons. The van der Waals surface area contributed by atoms with E-state index in [0.29, 0.717) is 10.9 Å². The highest BCUT2D eigenvalue weighted by Gasteiger charge is 2.11. The van der Waals surface area contributed by atoms with Crippen molar-refractivity contribution in [3.05, 3.63) is 53.4 Å². The molecule has 2 aromatic carbocycles. The van der Waals surface area contributed by atoms with Crippen LogP contribution in [0.15, 0.2) is 52.9 Å². The van der Waals surface area contributed by atoms with E-state index in [4.69, 9.17) is 9.47 Å². The molecular weight excluding hydrogens is 338 g/mol. The van der Waals surface area contributed by atoms with Crippen LogP contribution in [-0.2, 0) is 0 Å². The number of phenols is 1. The number of hydrogen-bond acceptors (Lipinski definition) is 7. The summed E-state index contributed by atoms with van der Waals surface area (Å²) >= 11 is 1.45. The van der Waals surface area contributed by atoms with E-state index in [1.807, 2.05) is 23.6 Å². The van der Waals surface area contributed by atoms with Crippen LogP contribution < -0.4 is 14.9 Å². The number of benzene rings is 2. The minimum absolute atomic E-state index is 0.225. The largest absolute Gasteiger partial charge is 0.508 e. The van der Waals surface area contributed by atoms with Crippen molar-refractivity contribution in [2.24, 2.45) is 5.10 Å². The Morgan fingerprint density at radius 3 is 2.64 bits per heavy atom. The molecule has 0 spiro atoms. The van der Waals surface area contributed by atoms with Gasteiger partial charge in [-0.15, -0.1) is 11.3 Å². The van der Waals surface area contributed by atoms with Crippen molar-refractivity contribution >= 4 is 22.7 Å². The van der Waals surface area contributed by atoms with Gasteiger partial charge in [-0.05, 0) is 42.0 Å². The van der Waals surface area contributed by atoms with Crippen molar-refractivity contribution in [1.82, 2.24) is 4.98 Å². The third-order valence-corrected chi connectivity index (χ3v) is 4.20. The molecule has 0 saturated heterocycles. The normalized spacial score (nSPS) is 10.8. The maximum atomic E-state index is 9.26. The lowest BCUT2D eigenvalue weighted by Crippen LogP contribution is -1.92. The number of hydrogen-bond donors (Lipinski definition) is 2. The van der Waals surface area contributed by atoms with Crippen LogP contribution in [-0.4, -0.2) is 30.5 Å². The first-order chi connectivity index (χ1) is 12.2. The number of ether oxygens (including phenoxy) is 2. The molecule has 0 amide bonds. The number of nitrogens with one attached hydrogen (secondary N) is 1. The number of hydrazone groups is 1. The lowest BCUT2D eigenvalue weighted by molar-refractivity contribution is 0.395. The molecule has 0 unspecified atom stereocenters. The van der Waals surface area contributed by atoms with Crippen LogP contribution in [0.2, 0.25) is 0 Å². The first-order valence-corrected chi connectivity index (χ1v) is 8.33. The first kappa shape index (κ1) is 16.8. The van der Waals surface area contributed by atoms with Gasteiger partial charge in [0, 0.05) is 17.0 Å². The van der Waals surface area contributed by atoms with Gasteiger partial charge in [0.15, 0.2) is 0 Å². The van der Waals surface area contributed by atoms with Gasteiger partial charge in [0.05, 0.1) is 26.1 Å². The third kappa shape index (κ3) is 4.07. The SMILES string of the molecule is COc1ccc(-c2csc(N/N=C\c3ccc(O)cc3)n2)c(OC)c1. The number of aromatic hydroxyl groups is 1. The van der Waals surface area contributed by atoms with Gasteiger partial charge in [-0.25, -0.2) is 4.98 Å². The summed E-state index contributed by atoms with van der Waals surface area (Å²) in [6.07, 6.45) is 1.66. The predicted molar refractivity (Wildman–Crippen MR) is 100.0 cm³/mol. The molecule has 25 heavy (non-hydrogen) atoms. The molecule has 1 heterocycles. The van der Waals surface area contributed by atoms with Crippen LogP contribution in [0.25, 0.3) is 11.3 Å². The zero-order valence-corrected chi connectivity index (χ0v) is 14.6. The minimum Gasteiger partial charge on any atom is -0.508 e. The van der Waals surface area contributed by atoms with E-state index < -0.39 is 0 Å². The standard InChI is InChI=1S/C18H17N3O3S/c1-23-14-7-8-15(17(9-14)24-2)16-11-25-18(20-16)21-19-10-12-3-5-13(22)6-4-12/h3-11,22H,1-2H3,(H,20,21)/b19-10-. The number of thiazole rings is 1. The van der Waals surface area contributed by atoms with E-state index in [-0.39, 0.29) is 5.75 Å². The number of anilines is 1. The van der Waals surface area contributed by atoms with Gasteiger partial charge in [0.25, 0.3) is 0 Å². The summed E-state index contributed by atoms with van der Waals surface area (Å²) in [5, 5.41) is 16.0. The maximum absolute atomic E-state index is 9.26. The van der Waals surface area contributed by atoms with Crippen LogP contribution in [0.4, 0.5) is 5.13 Å². The fourth-order valence-corrected chi connectivity index (χ4v) is 2.84. The average molecular weight is 355 g/mol. The molecule has 2 N–H and O–H groups in total. The van der Waals surface area contributed by atoms with Gasteiger partial charge < -0.3 is 14.6 Å². The van der Waals surface area contributed by atoms with Crippen LogP contribution in [0.5, 0.6) is 17.2 Å². The summed E-state index contributed by atoms with van der Waals surface area (Å²) in [6, 6.07) is 12.4. The number of aromatic nitrogens is 1. The molecular formula is C18H17N3O3S. The van der Waals surface area contributed by atoms with Crippen LogP contribution in [0.3, 0.4) is 0 Å². The number of methoxy groups -OCH3 is 2. The van der Waals surface area contributed by atoms with Crippen LogP contribution in [0, 0.1) is 0 Å². The van der Waals surface area contributed by atoms with E-state index >= 15 is 0 Å². The van der Waals surface area contributed by atoms with Crippen LogP contribution >= 0.6 is 11.3 Å². The third-order valence-electron chi connectivity index (χ3n) is 3.46. The molecule has 3 rings (SSSR count). The molecule has 0 aliphatic carbocycles. The quantitative estimate of drug-likeness (QED) is 0.517. The number of nitrogens with zero attached hydrogens (tertiary/aromatic N) is 2. The topological polar surface area (TPSA) is 76.0 Å². The van der Waals surface area contributed by atoms with Crippen molar-refractivity contribution in [2.45, 2.75) is 0 Å². The molecule has 0 atom stereocenters. The molecule has 128 valence electrons. The Hall–Kier alpha value is -3.06. The highest BCUT2D eigenvalue weighted by Crippen LogP contribution is 2.34. The second-order valence-electron chi connectivity index (χ2n) is 5.07. The summed E-state index contributed by atoms with van der Waals surface area (Å²) in [6.45, 7) is 0. The summed E-state index contributed by atoms with van der Waals surface area (Å²) in [5.74, 6) is 1.65. The van der Waals surface area contributed by atoms with Crippen molar-refractivity contribution in [3.8, 4) is 28.5 Å². The van der Waals surface area contributed by atoms with E-state index in [9.17, 15) is 5.11 Å². The smallest absolute Gasteiger partial charge is 0.203 e. The van der Waals surface area contributed by atoms with E-state index in [0.717, 1.165) is 22.6 Å². The second kappa shape index (κ2) is 7.67. The fraction of sp³-hybridized carbons (Fsp3) is 0.111. The summed E-state index contributed by atoms with van der Waals surface area (Å²) in [5.41, 5.74) is 5.46. The molecule has 0 bridgehead atoms. The molecule has 0 saturated carbocycles. The molecule has 0 aliphatic rings. The molecule has 1 aromatic heterocycles. The molecule has 3 aromatic rings. The summed E-state index contributed by atoms with van der Waals surface area (Å²) in [7, 11) is 3.23. The van der Waals surface area contributed by atoms with Gasteiger partial charge in [0.1, 0.15) is 17.2 Å². The van der Waals surface area contributed by atoms with Crippen molar-refractivity contribution in [3.63, 3.8) is 0 Å². The van der Waals surface area contributed by atoms with Gasteiger partial charge >= 0.3 is 0 Å². The number of rotatable bonds is 6. The lowest BCUT2D eigenvalue weighted by Gasteiger charge is -2.08. The fourth-order valence-electron chi connectivity index (χ4n) is 2.18. The second-order valence-corrected chi connectivity index (χ2v) is 5.92. The zero-order valence-electron chi connectivity index (χ0n) is 13.8. The highest BCUT2D eigenvalue weighted by atomic mass is 32.1. The van der Waals surface area contributed by atoms with Crippen molar-refractivity contribution < 1.29 is 14.6 Å².